The molecule has 0 aliphatic carbocycles. The number of aromatic nitrogens is 1. The van der Waals surface area contributed by atoms with Crippen molar-refractivity contribution in [2.75, 3.05) is 5.32 Å². The maximum atomic E-state index is 13.7. The van der Waals surface area contributed by atoms with Crippen LogP contribution in [0.3, 0.4) is 0 Å². The molecule has 0 radical (unpaired) electrons. The SMILES string of the molecule is Cn1cc(CNc2c(F)cc(F)cc2[N+](=O)[O-])cc1C#N. The molecule has 1 heterocycles. The van der Waals surface area contributed by atoms with Gasteiger partial charge in [0.15, 0.2) is 5.82 Å². The second kappa shape index (κ2) is 5.58. The molecule has 1 aromatic heterocycles. The molecule has 0 unspecified atom stereocenters. The molecule has 108 valence electrons. The van der Waals surface area contributed by atoms with Crippen molar-refractivity contribution >= 4 is 11.4 Å². The van der Waals surface area contributed by atoms with E-state index in [1.807, 2.05) is 6.07 Å². The van der Waals surface area contributed by atoms with Crippen LogP contribution in [0.1, 0.15) is 11.3 Å². The van der Waals surface area contributed by atoms with Gasteiger partial charge in [-0.3, -0.25) is 10.1 Å². The molecule has 0 saturated heterocycles. The van der Waals surface area contributed by atoms with Gasteiger partial charge in [0.2, 0.25) is 0 Å². The fourth-order valence-corrected chi connectivity index (χ4v) is 1.91. The van der Waals surface area contributed by atoms with Gasteiger partial charge in [-0.05, 0) is 11.6 Å². The molecule has 8 heteroatoms. The number of rotatable bonds is 4. The van der Waals surface area contributed by atoms with Gasteiger partial charge in [-0.25, -0.2) is 8.78 Å². The third kappa shape index (κ3) is 2.97. The third-order valence-corrected chi connectivity index (χ3v) is 2.88. The van der Waals surface area contributed by atoms with Gasteiger partial charge in [-0.1, -0.05) is 0 Å². The lowest BCUT2D eigenvalue weighted by molar-refractivity contribution is -0.384. The van der Waals surface area contributed by atoms with Crippen LogP contribution >= 0.6 is 0 Å². The minimum Gasteiger partial charge on any atom is -0.373 e. The van der Waals surface area contributed by atoms with Crippen LogP contribution in [-0.4, -0.2) is 9.49 Å². The zero-order valence-electron chi connectivity index (χ0n) is 10.9. The summed E-state index contributed by atoms with van der Waals surface area (Å²) in [5.74, 6) is -2.06. The van der Waals surface area contributed by atoms with E-state index in [1.165, 1.54) is 0 Å². The molecule has 2 rings (SSSR count). The van der Waals surface area contributed by atoms with Crippen molar-refractivity contribution < 1.29 is 13.7 Å². The van der Waals surface area contributed by atoms with Crippen LogP contribution in [0, 0.1) is 33.1 Å². The predicted molar refractivity (Wildman–Crippen MR) is 70.5 cm³/mol. The first-order valence-electron chi connectivity index (χ1n) is 5.85. The van der Waals surface area contributed by atoms with E-state index >= 15 is 0 Å². The topological polar surface area (TPSA) is 83.9 Å². The normalized spacial score (nSPS) is 10.2. The quantitative estimate of drug-likeness (QED) is 0.693. The molecule has 0 aliphatic heterocycles. The molecular weight excluding hydrogens is 282 g/mol. The highest BCUT2D eigenvalue weighted by molar-refractivity contribution is 5.62. The summed E-state index contributed by atoms with van der Waals surface area (Å²) in [6, 6.07) is 4.76. The average molecular weight is 292 g/mol. The van der Waals surface area contributed by atoms with Gasteiger partial charge < -0.3 is 9.88 Å². The molecule has 1 aromatic carbocycles. The highest BCUT2D eigenvalue weighted by Crippen LogP contribution is 2.29. The van der Waals surface area contributed by atoms with E-state index in [9.17, 15) is 18.9 Å². The van der Waals surface area contributed by atoms with Crippen LogP contribution in [-0.2, 0) is 13.6 Å². The lowest BCUT2D eigenvalue weighted by Crippen LogP contribution is -2.05. The Hall–Kier alpha value is -2.95. The third-order valence-electron chi connectivity index (χ3n) is 2.88. The lowest BCUT2D eigenvalue weighted by atomic mass is 10.2. The maximum absolute atomic E-state index is 13.7. The minimum absolute atomic E-state index is 0.0684. The monoisotopic (exact) mass is 292 g/mol. The Balaban J connectivity index is 2.27. The Morgan fingerprint density at radius 2 is 2.14 bits per heavy atom. The van der Waals surface area contributed by atoms with E-state index in [-0.39, 0.29) is 12.2 Å². The molecule has 0 saturated carbocycles. The fraction of sp³-hybridized carbons (Fsp3) is 0.154. The number of nitriles is 1. The number of halogens is 2. The molecular formula is C13H10F2N4O2. The van der Waals surface area contributed by atoms with Gasteiger partial charge in [0.25, 0.3) is 5.69 Å². The van der Waals surface area contributed by atoms with Crippen molar-refractivity contribution in [2.24, 2.45) is 7.05 Å². The molecule has 1 N–H and O–H groups in total. The molecule has 0 atom stereocenters. The second-order valence-electron chi connectivity index (χ2n) is 4.35. The molecule has 0 bridgehead atoms. The number of hydrogen-bond acceptors (Lipinski definition) is 4. The molecule has 0 spiro atoms. The van der Waals surface area contributed by atoms with Crippen LogP contribution in [0.15, 0.2) is 24.4 Å². The number of anilines is 1. The first kappa shape index (κ1) is 14.5. The summed E-state index contributed by atoms with van der Waals surface area (Å²) in [6.07, 6.45) is 1.64. The van der Waals surface area contributed by atoms with Crippen molar-refractivity contribution in [3.8, 4) is 6.07 Å². The van der Waals surface area contributed by atoms with Crippen LogP contribution < -0.4 is 5.32 Å². The van der Waals surface area contributed by atoms with E-state index in [2.05, 4.69) is 5.32 Å². The minimum atomic E-state index is -1.04. The van der Waals surface area contributed by atoms with Crippen molar-refractivity contribution in [1.82, 2.24) is 4.57 Å². The van der Waals surface area contributed by atoms with Crippen LogP contribution in [0.25, 0.3) is 0 Å². The zero-order chi connectivity index (χ0) is 15.6. The number of nitrogens with zero attached hydrogens (tertiary/aromatic N) is 3. The fourth-order valence-electron chi connectivity index (χ4n) is 1.91. The van der Waals surface area contributed by atoms with Crippen molar-refractivity contribution in [3.63, 3.8) is 0 Å². The Labute approximate surface area is 118 Å². The van der Waals surface area contributed by atoms with Gasteiger partial charge in [0.1, 0.15) is 23.3 Å². The highest BCUT2D eigenvalue weighted by Gasteiger charge is 2.20. The number of nitro groups is 1. The van der Waals surface area contributed by atoms with Crippen molar-refractivity contribution in [3.05, 3.63) is 57.4 Å². The van der Waals surface area contributed by atoms with Crippen molar-refractivity contribution in [1.29, 1.82) is 5.26 Å². The number of nitrogens with one attached hydrogen (secondary N) is 1. The molecule has 21 heavy (non-hydrogen) atoms. The molecule has 6 nitrogen and oxygen atoms in total. The lowest BCUT2D eigenvalue weighted by Gasteiger charge is -2.07. The molecule has 0 aliphatic rings. The van der Waals surface area contributed by atoms with Crippen LogP contribution in [0.2, 0.25) is 0 Å². The first-order valence-corrected chi connectivity index (χ1v) is 5.85. The van der Waals surface area contributed by atoms with Crippen molar-refractivity contribution in [2.45, 2.75) is 6.54 Å². The zero-order valence-corrected chi connectivity index (χ0v) is 10.9. The van der Waals surface area contributed by atoms with E-state index < -0.39 is 22.2 Å². The van der Waals surface area contributed by atoms with Gasteiger partial charge >= 0.3 is 0 Å². The Kier molecular flexibility index (Phi) is 3.84. The standard InChI is InChI=1S/C13H10F2N4O2/c1-18-7-8(2-10(18)5-16)6-17-13-11(15)3-9(14)4-12(13)19(20)21/h2-4,7,17H,6H2,1H3. The smallest absolute Gasteiger partial charge is 0.298 e. The van der Waals surface area contributed by atoms with Crippen LogP contribution in [0.4, 0.5) is 20.2 Å². The number of hydrogen-bond donors (Lipinski definition) is 1. The molecule has 0 fully saturated rings. The van der Waals surface area contributed by atoms with Gasteiger partial charge in [0, 0.05) is 25.9 Å². The maximum Gasteiger partial charge on any atom is 0.298 e. The number of aryl methyl sites for hydroxylation is 1. The number of benzene rings is 1. The summed E-state index contributed by atoms with van der Waals surface area (Å²) < 4.78 is 28.3. The van der Waals surface area contributed by atoms with Crippen LogP contribution in [0.5, 0.6) is 0 Å². The molecule has 0 amide bonds. The Morgan fingerprint density at radius 3 is 2.71 bits per heavy atom. The predicted octanol–water partition coefficient (Wildman–Crippen LogP) is 2.70. The summed E-state index contributed by atoms with van der Waals surface area (Å²) in [7, 11) is 1.67. The summed E-state index contributed by atoms with van der Waals surface area (Å²) in [5.41, 5.74) is -0.0133. The average Bonchev–Trinajstić information content (AvgIpc) is 2.77. The summed E-state index contributed by atoms with van der Waals surface area (Å²) in [5, 5.41) is 22.2. The number of nitro benzene ring substituents is 1. The molecule has 2 aromatic rings. The first-order chi connectivity index (χ1) is 9.92. The largest absolute Gasteiger partial charge is 0.373 e. The van der Waals surface area contributed by atoms with Gasteiger partial charge in [-0.15, -0.1) is 0 Å². The van der Waals surface area contributed by atoms with E-state index in [4.69, 9.17) is 5.26 Å². The van der Waals surface area contributed by atoms with E-state index in [0.717, 1.165) is 0 Å². The van der Waals surface area contributed by atoms with Gasteiger partial charge in [-0.2, -0.15) is 5.26 Å². The second-order valence-corrected chi connectivity index (χ2v) is 4.35. The Bertz CT molecular complexity index is 749. The summed E-state index contributed by atoms with van der Waals surface area (Å²) >= 11 is 0. The Morgan fingerprint density at radius 1 is 1.43 bits per heavy atom. The highest BCUT2D eigenvalue weighted by atomic mass is 19.1. The van der Waals surface area contributed by atoms with Gasteiger partial charge in [0.05, 0.1) is 11.0 Å². The van der Waals surface area contributed by atoms with E-state index in [1.54, 1.807) is 23.9 Å². The summed E-state index contributed by atoms with van der Waals surface area (Å²) in [6.45, 7) is 0.0684. The summed E-state index contributed by atoms with van der Waals surface area (Å²) in [4.78, 5) is 9.97. The van der Waals surface area contributed by atoms with E-state index in [0.29, 0.717) is 23.4 Å².